The molecule has 1 atom stereocenters. The predicted octanol–water partition coefficient (Wildman–Crippen LogP) is 13.9. The third-order valence-electron chi connectivity index (χ3n) is 10.1. The Bertz CT molecular complexity index is 2450. The summed E-state index contributed by atoms with van der Waals surface area (Å²) in [6, 6.07) is 63.2. The molecule has 0 bridgehead atoms. The number of anilines is 6. The van der Waals surface area contributed by atoms with E-state index in [1.807, 2.05) is 0 Å². The quantitative estimate of drug-likeness (QED) is 0.159. The molecule has 7 aromatic rings. The van der Waals surface area contributed by atoms with Crippen LogP contribution in [0.25, 0.3) is 27.5 Å². The summed E-state index contributed by atoms with van der Waals surface area (Å²) in [6.45, 7) is 0. The van der Waals surface area contributed by atoms with Crippen LogP contribution in [0.1, 0.15) is 12.0 Å². The first-order valence-electron chi connectivity index (χ1n) is 18.0. The van der Waals surface area contributed by atoms with Crippen LogP contribution in [0, 0.1) is 5.92 Å². The van der Waals surface area contributed by atoms with Crippen LogP contribution < -0.4 is 9.80 Å². The van der Waals surface area contributed by atoms with E-state index in [9.17, 15) is 0 Å². The molecule has 0 N–H and O–H groups in total. The third-order valence-corrected chi connectivity index (χ3v) is 10.1. The molecule has 1 unspecified atom stereocenters. The molecule has 2 heteroatoms. The Morgan fingerprint density at radius 2 is 1.02 bits per heavy atom. The number of allylic oxidation sites excluding steroid dienone is 8. The highest BCUT2D eigenvalue weighted by atomic mass is 15.2. The van der Waals surface area contributed by atoms with Crippen LogP contribution in [0.5, 0.6) is 0 Å². The Labute approximate surface area is 306 Å². The van der Waals surface area contributed by atoms with Gasteiger partial charge in [0.1, 0.15) is 0 Å². The van der Waals surface area contributed by atoms with Gasteiger partial charge in [-0.05, 0) is 100 Å². The van der Waals surface area contributed by atoms with Crippen LogP contribution in [-0.4, -0.2) is 0 Å². The number of nitrogens with zero attached hydrogens (tertiary/aromatic N) is 2. The molecule has 0 aliphatic heterocycles. The summed E-state index contributed by atoms with van der Waals surface area (Å²) in [5, 5.41) is 2.45. The summed E-state index contributed by atoms with van der Waals surface area (Å²) >= 11 is 0. The van der Waals surface area contributed by atoms with Crippen molar-refractivity contribution in [3.05, 3.63) is 224 Å². The zero-order valence-corrected chi connectivity index (χ0v) is 28.9. The largest absolute Gasteiger partial charge is 0.310 e. The molecule has 2 aliphatic carbocycles. The van der Waals surface area contributed by atoms with E-state index in [1.165, 1.54) is 38.6 Å². The number of fused-ring (bicyclic) bond motifs is 2. The van der Waals surface area contributed by atoms with Gasteiger partial charge < -0.3 is 9.80 Å². The maximum absolute atomic E-state index is 2.43. The zero-order valence-electron chi connectivity index (χ0n) is 28.9. The van der Waals surface area contributed by atoms with E-state index >= 15 is 0 Å². The first-order chi connectivity index (χ1) is 25.8. The minimum absolute atomic E-state index is 0.463. The van der Waals surface area contributed by atoms with Crippen molar-refractivity contribution in [2.45, 2.75) is 6.42 Å². The Morgan fingerprint density at radius 3 is 1.75 bits per heavy atom. The molecule has 0 spiro atoms. The summed E-state index contributed by atoms with van der Waals surface area (Å²) in [5.41, 5.74) is 12.9. The first-order valence-corrected chi connectivity index (χ1v) is 18.0. The Kier molecular flexibility index (Phi) is 8.40. The van der Waals surface area contributed by atoms with Gasteiger partial charge >= 0.3 is 0 Å². The predicted molar refractivity (Wildman–Crippen MR) is 221 cm³/mol. The van der Waals surface area contributed by atoms with Gasteiger partial charge in [0.15, 0.2) is 0 Å². The minimum atomic E-state index is 0.463. The molecule has 7 aromatic carbocycles. The lowest BCUT2D eigenvalue weighted by atomic mass is 9.83. The summed E-state index contributed by atoms with van der Waals surface area (Å²) < 4.78 is 0. The Morgan fingerprint density at radius 1 is 0.442 bits per heavy atom. The van der Waals surface area contributed by atoms with Crippen molar-refractivity contribution in [2.24, 2.45) is 5.92 Å². The van der Waals surface area contributed by atoms with Gasteiger partial charge in [0.05, 0.1) is 5.69 Å². The summed E-state index contributed by atoms with van der Waals surface area (Å²) in [6.07, 6.45) is 14.7. The number of para-hydroxylation sites is 2. The standard InChI is InChI=1S/C50H38N2/c1-4-16-37(17-5-1)40-20-14-25-44(35-40)52(46-27-15-26-45(36-46)51(42-21-6-2-7-22-42)43-23-8-3-9-24-43)50-33-32-47(48-28-12-13-29-49(48)50)41-31-30-38-18-10-11-19-39(38)34-41/h1-29,31-36,38H,30H2. The highest BCUT2D eigenvalue weighted by Gasteiger charge is 2.22. The van der Waals surface area contributed by atoms with Crippen LogP contribution >= 0.6 is 0 Å². The second-order valence-electron chi connectivity index (χ2n) is 13.3. The number of hydrogen-bond donors (Lipinski definition) is 0. The molecule has 9 rings (SSSR count). The van der Waals surface area contributed by atoms with Gasteiger partial charge in [0.25, 0.3) is 0 Å². The molecule has 248 valence electrons. The van der Waals surface area contributed by atoms with Gasteiger partial charge in [-0.2, -0.15) is 0 Å². The number of rotatable bonds is 8. The summed E-state index contributed by atoms with van der Waals surface area (Å²) in [4.78, 5) is 4.75. The van der Waals surface area contributed by atoms with Crippen molar-refractivity contribution >= 4 is 50.5 Å². The monoisotopic (exact) mass is 666 g/mol. The SMILES string of the molecule is C1=CC2=CC(c3ccc(N(c4cccc(-c5ccccc5)c4)c4cccc(N(c5ccccc5)c5ccccc5)c4)c4ccccc34)=CCC2C=C1. The maximum atomic E-state index is 2.43. The smallest absolute Gasteiger partial charge is 0.0540 e. The molecule has 2 aliphatic rings. The molecule has 52 heavy (non-hydrogen) atoms. The van der Waals surface area contributed by atoms with Crippen molar-refractivity contribution in [3.63, 3.8) is 0 Å². The van der Waals surface area contributed by atoms with Crippen LogP contribution in [0.3, 0.4) is 0 Å². The molecule has 0 heterocycles. The zero-order chi connectivity index (χ0) is 34.7. The Hall–Kier alpha value is -6.64. The third kappa shape index (κ3) is 6.05. The lowest BCUT2D eigenvalue weighted by Crippen LogP contribution is -2.13. The van der Waals surface area contributed by atoms with Gasteiger partial charge in [0.2, 0.25) is 0 Å². The second kappa shape index (κ2) is 13.9. The number of hydrogen-bond acceptors (Lipinski definition) is 2. The molecular weight excluding hydrogens is 629 g/mol. The fourth-order valence-corrected chi connectivity index (χ4v) is 7.63. The van der Waals surface area contributed by atoms with Gasteiger partial charge in [-0.15, -0.1) is 0 Å². The van der Waals surface area contributed by atoms with Crippen LogP contribution in [-0.2, 0) is 0 Å². The van der Waals surface area contributed by atoms with Crippen LogP contribution in [0.15, 0.2) is 218 Å². The van der Waals surface area contributed by atoms with E-state index in [0.29, 0.717) is 5.92 Å². The highest BCUT2D eigenvalue weighted by molar-refractivity contribution is 6.05. The summed E-state index contributed by atoms with van der Waals surface area (Å²) in [5.74, 6) is 0.463. The van der Waals surface area contributed by atoms with Gasteiger partial charge in [-0.3, -0.25) is 0 Å². The fourth-order valence-electron chi connectivity index (χ4n) is 7.63. The van der Waals surface area contributed by atoms with E-state index in [4.69, 9.17) is 0 Å². The van der Waals surface area contributed by atoms with Gasteiger partial charge in [-0.1, -0.05) is 152 Å². The van der Waals surface area contributed by atoms with Crippen LogP contribution in [0.2, 0.25) is 0 Å². The molecule has 0 radical (unpaired) electrons. The van der Waals surface area contributed by atoms with Crippen molar-refractivity contribution in [1.29, 1.82) is 0 Å². The van der Waals surface area contributed by atoms with Crippen molar-refractivity contribution in [3.8, 4) is 11.1 Å². The molecular formula is C50H38N2. The number of benzene rings is 7. The Balaban J connectivity index is 1.23. The van der Waals surface area contributed by atoms with Crippen molar-refractivity contribution in [2.75, 3.05) is 9.80 Å². The van der Waals surface area contributed by atoms with E-state index in [-0.39, 0.29) is 0 Å². The lowest BCUT2D eigenvalue weighted by Gasteiger charge is -2.30. The minimum Gasteiger partial charge on any atom is -0.310 e. The molecule has 0 saturated heterocycles. The molecule has 0 fully saturated rings. The normalized spacial score (nSPS) is 14.7. The van der Waals surface area contributed by atoms with E-state index in [0.717, 1.165) is 40.5 Å². The average molecular weight is 667 g/mol. The van der Waals surface area contributed by atoms with Gasteiger partial charge in [0, 0.05) is 39.7 Å². The summed E-state index contributed by atoms with van der Waals surface area (Å²) in [7, 11) is 0. The second-order valence-corrected chi connectivity index (χ2v) is 13.3. The molecule has 0 amide bonds. The van der Waals surface area contributed by atoms with Crippen LogP contribution in [0.4, 0.5) is 34.1 Å². The topological polar surface area (TPSA) is 6.48 Å². The fraction of sp³-hybridized carbons (Fsp3) is 0.0400. The van der Waals surface area contributed by atoms with E-state index in [1.54, 1.807) is 0 Å². The van der Waals surface area contributed by atoms with E-state index in [2.05, 4.69) is 222 Å². The average Bonchev–Trinajstić information content (AvgIpc) is 3.22. The first kappa shape index (κ1) is 31.3. The molecule has 2 nitrogen and oxygen atoms in total. The maximum Gasteiger partial charge on any atom is 0.0540 e. The van der Waals surface area contributed by atoms with Crippen molar-refractivity contribution < 1.29 is 0 Å². The molecule has 0 saturated carbocycles. The van der Waals surface area contributed by atoms with E-state index < -0.39 is 0 Å². The highest BCUT2D eigenvalue weighted by Crippen LogP contribution is 2.45. The van der Waals surface area contributed by atoms with Crippen molar-refractivity contribution in [1.82, 2.24) is 0 Å². The lowest BCUT2D eigenvalue weighted by molar-refractivity contribution is 0.783. The van der Waals surface area contributed by atoms with Gasteiger partial charge in [-0.25, -0.2) is 0 Å². The molecule has 0 aromatic heterocycles.